The molecule has 0 aliphatic carbocycles. The van der Waals surface area contributed by atoms with Gasteiger partial charge in [-0.2, -0.15) is 13.2 Å². The number of benzene rings is 3. The third-order valence-corrected chi connectivity index (χ3v) is 9.80. The fourth-order valence-electron chi connectivity index (χ4n) is 4.57. The van der Waals surface area contributed by atoms with Crippen molar-refractivity contribution < 1.29 is 71.1 Å². The molecule has 0 saturated carbocycles. The average Bonchev–Trinajstić information content (AvgIpc) is 3.21. The lowest BCUT2D eigenvalue weighted by atomic mass is 10.1. The molecule has 0 spiro atoms. The molecule has 1 heterocycles. The summed E-state index contributed by atoms with van der Waals surface area (Å²) in [7, 11) is -3.71. The second kappa shape index (κ2) is 31.0. The number of rotatable bonds is 18. The zero-order valence-corrected chi connectivity index (χ0v) is 41.1. The molecule has 4 aromatic rings. The predicted molar refractivity (Wildman–Crippen MR) is 250 cm³/mol. The molecule has 364 valence electrons. The van der Waals surface area contributed by atoms with Crippen molar-refractivity contribution in [3.05, 3.63) is 99.1 Å². The van der Waals surface area contributed by atoms with Gasteiger partial charge in [-0.3, -0.25) is 10.1 Å². The van der Waals surface area contributed by atoms with Gasteiger partial charge in [0.2, 0.25) is 0 Å². The van der Waals surface area contributed by atoms with Crippen molar-refractivity contribution in [3.63, 3.8) is 0 Å². The molecule has 15 nitrogen and oxygen atoms in total. The molecule has 1 unspecified atom stereocenters. The van der Waals surface area contributed by atoms with Crippen LogP contribution in [0.4, 0.5) is 18.0 Å². The van der Waals surface area contributed by atoms with Gasteiger partial charge in [0.25, 0.3) is 0 Å². The van der Waals surface area contributed by atoms with Crippen LogP contribution in [0.1, 0.15) is 68.3 Å². The quantitative estimate of drug-likeness (QED) is 0.0314. The number of aromatic nitrogens is 2. The highest BCUT2D eigenvalue weighted by Crippen LogP contribution is 2.37. The van der Waals surface area contributed by atoms with E-state index < -0.39 is 56.2 Å². The van der Waals surface area contributed by atoms with Gasteiger partial charge < -0.3 is 38.8 Å². The van der Waals surface area contributed by atoms with Crippen molar-refractivity contribution >= 4 is 88.3 Å². The Morgan fingerprint density at radius 2 is 1.50 bits per heavy atom. The second-order valence-electron chi connectivity index (χ2n) is 13.8. The number of nitrogens with zero attached hydrogens (tertiary/aromatic N) is 2. The minimum absolute atomic E-state index is 0.0246. The van der Waals surface area contributed by atoms with Crippen LogP contribution >= 0.6 is 54.2 Å². The summed E-state index contributed by atoms with van der Waals surface area (Å²) in [6, 6.07) is 17.3. The maximum Gasteiger partial charge on any atom is 0.416 e. The summed E-state index contributed by atoms with van der Waals surface area (Å²) in [5.41, 5.74) is 0.224. The maximum atomic E-state index is 12.7. The molecular weight excluding hydrogens is 997 g/mol. The smallest absolute Gasteiger partial charge is 0.416 e. The predicted octanol–water partition coefficient (Wildman–Crippen LogP) is 10.5. The number of nitrogens with one attached hydrogen (secondary N) is 1. The fourth-order valence-corrected chi connectivity index (χ4v) is 6.18. The van der Waals surface area contributed by atoms with Crippen LogP contribution in [0.3, 0.4) is 0 Å². The van der Waals surface area contributed by atoms with E-state index in [1.54, 1.807) is 0 Å². The number of hydrogen-bond donors (Lipinski definition) is 4. The summed E-state index contributed by atoms with van der Waals surface area (Å²) in [6.07, 6.45) is 7.11. The molecule has 0 fully saturated rings. The number of carboxylic acid groups (broad SMARTS) is 2. The summed E-state index contributed by atoms with van der Waals surface area (Å²) in [6.45, 7) is 2.89. The number of halogens is 6. The van der Waals surface area contributed by atoms with Gasteiger partial charge in [0, 0.05) is 17.4 Å². The standard InChI is InChI=1S/C19H23ClN2O2S.C17H11Cl2F3O5.C3H8NO5P.C3H9S/c1-2-3-4-5-6-10-13-25-19(23)24-16-14-17(20)21-22-18(16)15-11-8-7-9-12-15;1-8(15(23)24)26-16(25)11-7-10(3-4-12(11)18)27-14-5-2-9(6-13(14)19)17(20,21)22;5-3(6)1-4-2-10(7,8)9;1-4(2)3/h7-9,11-12,14H,2-6,10,13H2,1H3;2-8H,1H3,(H,23,24);4H,1-2H2,(H,5,6)(H2,7,8,9);1-3H3/q;;;+1/p-1/t;8-;;/m.0../s1. The van der Waals surface area contributed by atoms with E-state index in [1.165, 1.54) is 55.6 Å². The van der Waals surface area contributed by atoms with Crippen LogP contribution in [-0.2, 0) is 36.0 Å². The number of carbonyl (C=O) groups excluding carboxylic acids is 2. The Morgan fingerprint density at radius 1 is 0.879 bits per heavy atom. The van der Waals surface area contributed by atoms with Crippen molar-refractivity contribution in [2.75, 3.05) is 37.4 Å². The lowest BCUT2D eigenvalue weighted by Gasteiger charge is -2.14. The molecule has 0 bridgehead atoms. The van der Waals surface area contributed by atoms with E-state index in [9.17, 15) is 41.8 Å². The van der Waals surface area contributed by atoms with Gasteiger partial charge in [0.05, 0.1) is 52.8 Å². The first kappa shape index (κ1) is 59.9. The molecule has 3 aromatic carbocycles. The van der Waals surface area contributed by atoms with Crippen molar-refractivity contribution in [1.29, 1.82) is 0 Å². The first-order valence-electron chi connectivity index (χ1n) is 19.5. The van der Waals surface area contributed by atoms with Crippen molar-refractivity contribution in [1.82, 2.24) is 15.5 Å². The number of aliphatic carboxylic acids is 2. The number of hydrogen-bond acceptors (Lipinski definition) is 13. The zero-order chi connectivity index (χ0) is 50.0. The average molecular weight is 1050 g/mol. The van der Waals surface area contributed by atoms with Crippen LogP contribution < -0.4 is 19.7 Å². The van der Waals surface area contributed by atoms with Gasteiger partial charge >= 0.3 is 29.4 Å². The summed E-state index contributed by atoms with van der Waals surface area (Å²) in [4.78, 5) is 62.7. The van der Waals surface area contributed by atoms with Gasteiger partial charge in [-0.05, 0) is 72.4 Å². The molecule has 4 rings (SSSR count). The highest BCUT2D eigenvalue weighted by Gasteiger charge is 2.31. The minimum Gasteiger partial charge on any atom is -0.778 e. The number of thioether (sulfide) groups is 1. The number of ether oxygens (including phenoxy) is 3. The van der Waals surface area contributed by atoms with E-state index in [1.807, 2.05) is 35.6 Å². The minimum atomic E-state index is -4.56. The third kappa shape index (κ3) is 26.3. The molecule has 0 amide bonds. The normalized spacial score (nSPS) is 12.1. The second-order valence-corrected chi connectivity index (χ2v) is 20.1. The molecule has 24 heteroatoms. The van der Waals surface area contributed by atoms with Gasteiger partial charge in [-0.15, -0.1) is 10.2 Å². The van der Waals surface area contributed by atoms with Gasteiger partial charge in [-0.25, -0.2) is 14.4 Å². The molecule has 0 aliphatic rings. The Kier molecular flexibility index (Phi) is 28.2. The van der Waals surface area contributed by atoms with E-state index in [4.69, 9.17) is 64.1 Å². The van der Waals surface area contributed by atoms with E-state index in [-0.39, 0.29) is 37.6 Å². The summed E-state index contributed by atoms with van der Waals surface area (Å²) < 4.78 is 63.5. The summed E-state index contributed by atoms with van der Waals surface area (Å²) in [5, 5.41) is 26.2. The van der Waals surface area contributed by atoms with Crippen LogP contribution in [0.2, 0.25) is 15.2 Å². The van der Waals surface area contributed by atoms with Crippen molar-refractivity contribution in [3.8, 4) is 28.5 Å². The monoisotopic (exact) mass is 1050 g/mol. The molecule has 2 atom stereocenters. The van der Waals surface area contributed by atoms with Crippen molar-refractivity contribution in [2.24, 2.45) is 0 Å². The van der Waals surface area contributed by atoms with Crippen LogP contribution in [0.15, 0.2) is 72.8 Å². The number of unbranched alkanes of at least 4 members (excludes halogenated alkanes) is 5. The van der Waals surface area contributed by atoms with Crippen LogP contribution in [0, 0.1) is 0 Å². The van der Waals surface area contributed by atoms with E-state index in [2.05, 4.69) is 35.9 Å². The molecule has 66 heavy (non-hydrogen) atoms. The summed E-state index contributed by atoms with van der Waals surface area (Å²) in [5.74, 6) is -2.46. The van der Waals surface area contributed by atoms with Crippen LogP contribution in [-0.4, -0.2) is 92.0 Å². The lowest BCUT2D eigenvalue weighted by molar-refractivity contribution is -0.193. The van der Waals surface area contributed by atoms with Crippen molar-refractivity contribution in [2.45, 2.75) is 64.7 Å². The van der Waals surface area contributed by atoms with Gasteiger partial charge in [-0.1, -0.05) is 104 Å². The Hall–Kier alpha value is -4.11. The molecule has 1 aromatic heterocycles. The van der Waals surface area contributed by atoms with E-state index in [0.29, 0.717) is 28.4 Å². The molecular formula is C42H50Cl3F3N3O12PS2. The Balaban J connectivity index is 0.000000515. The maximum absolute atomic E-state index is 12.7. The Labute approximate surface area is 402 Å². The molecule has 4 N–H and O–H groups in total. The first-order chi connectivity index (χ1) is 30.8. The largest absolute Gasteiger partial charge is 0.778 e. The lowest BCUT2D eigenvalue weighted by Crippen LogP contribution is -2.25. The number of carbonyl (C=O) groups is 4. The highest BCUT2D eigenvalue weighted by molar-refractivity contribution is 8.13. The topological polar surface area (TPSA) is 235 Å². The van der Waals surface area contributed by atoms with Crippen LogP contribution in [0.25, 0.3) is 11.3 Å². The van der Waals surface area contributed by atoms with Gasteiger partial charge in [0.1, 0.15) is 24.8 Å². The Bertz CT molecular complexity index is 2210. The molecule has 0 radical (unpaired) electrons. The van der Waals surface area contributed by atoms with E-state index >= 15 is 0 Å². The van der Waals surface area contributed by atoms with E-state index in [0.717, 1.165) is 49.3 Å². The number of carboxylic acids is 2. The zero-order valence-electron chi connectivity index (χ0n) is 36.3. The van der Waals surface area contributed by atoms with Gasteiger partial charge in [0.15, 0.2) is 17.0 Å². The van der Waals surface area contributed by atoms with Crippen LogP contribution in [0.5, 0.6) is 17.2 Å². The summed E-state index contributed by atoms with van der Waals surface area (Å²) >= 11 is 18.8. The third-order valence-electron chi connectivity index (χ3n) is 7.55. The molecule has 0 aliphatic heterocycles. The SMILES string of the molecule is CCCCCCCCSC(=O)Oc1cc(Cl)nnc1-c1ccccc1.C[C@H](OC(=O)c1cc(Oc2ccc(C(F)(F)F)cc2Cl)ccc1Cl)C(=O)O.C[S+](C)C.O=C(O)CNCP(=O)([O-])O. The number of esters is 1. The number of alkyl halides is 3. The first-order valence-corrected chi connectivity index (χ1v) is 25.8. The molecule has 0 saturated heterocycles. The Morgan fingerprint density at radius 3 is 2.06 bits per heavy atom. The highest BCUT2D eigenvalue weighted by atomic mass is 35.5. The fraction of sp³-hybridized carbons (Fsp3) is 0.381.